The third kappa shape index (κ3) is 3.43. The molecule has 0 bridgehead atoms. The summed E-state index contributed by atoms with van der Waals surface area (Å²) in [7, 11) is 0. The number of fused-ring (bicyclic) bond motifs is 11. The van der Waals surface area contributed by atoms with E-state index in [9.17, 15) is 0 Å². The number of aromatic nitrogens is 2. The van der Waals surface area contributed by atoms with E-state index in [1.807, 2.05) is 0 Å². The van der Waals surface area contributed by atoms with Crippen LogP contribution in [-0.4, -0.2) is 9.55 Å². The minimum Gasteiger partial charge on any atom is -0.326 e. The summed E-state index contributed by atoms with van der Waals surface area (Å²) in [6.07, 6.45) is 3.28. The number of para-hydroxylation sites is 1. The van der Waals surface area contributed by atoms with Gasteiger partial charge in [-0.1, -0.05) is 102 Å². The van der Waals surface area contributed by atoms with E-state index < -0.39 is 0 Å². The second-order valence-electron chi connectivity index (χ2n) is 14.7. The maximum absolute atomic E-state index is 5.14. The van der Waals surface area contributed by atoms with Crippen LogP contribution in [-0.2, 0) is 36.4 Å². The summed E-state index contributed by atoms with van der Waals surface area (Å²) in [5, 5.41) is 6.13. The molecule has 2 aromatic heterocycles. The summed E-state index contributed by atoms with van der Waals surface area (Å²) < 4.78 is 2.48. The van der Waals surface area contributed by atoms with Gasteiger partial charge < -0.3 is 9.55 Å². The topological polar surface area (TPSA) is 17.8 Å². The summed E-state index contributed by atoms with van der Waals surface area (Å²) in [5.41, 5.74) is 13.2. The molecule has 44 heavy (non-hydrogen) atoms. The minimum atomic E-state index is -0.0605. The minimum absolute atomic E-state index is 0. The molecule has 7 aromatic rings. The molecule has 9 rings (SSSR count). The van der Waals surface area contributed by atoms with Crippen molar-refractivity contribution in [1.29, 1.82) is 0 Å². The van der Waals surface area contributed by atoms with E-state index in [-0.39, 0.29) is 36.4 Å². The number of rotatable bonds is 1. The molecular weight excluding hydrogens is 713 g/mol. The van der Waals surface area contributed by atoms with Crippen molar-refractivity contribution in [2.45, 2.75) is 64.2 Å². The van der Waals surface area contributed by atoms with E-state index in [2.05, 4.69) is 143 Å². The van der Waals surface area contributed by atoms with Crippen LogP contribution in [0.5, 0.6) is 0 Å². The second-order valence-corrected chi connectivity index (χ2v) is 14.7. The molecular formula is C41H35IrN2-. The first-order valence-corrected chi connectivity index (χ1v) is 15.5. The molecule has 219 valence electrons. The van der Waals surface area contributed by atoms with Gasteiger partial charge in [0, 0.05) is 42.5 Å². The monoisotopic (exact) mass is 748 g/mol. The number of hydrogen-bond acceptors (Lipinski definition) is 1. The summed E-state index contributed by atoms with van der Waals surface area (Å²) in [6.45, 7) is 14.2. The molecule has 0 aliphatic heterocycles. The molecule has 0 unspecified atom stereocenters. The zero-order chi connectivity index (χ0) is 29.5. The number of benzene rings is 5. The summed E-state index contributed by atoms with van der Waals surface area (Å²) >= 11 is 0. The first-order valence-electron chi connectivity index (χ1n) is 15.5. The molecule has 3 heteroatoms. The molecule has 0 amide bonds. The molecule has 5 aromatic carbocycles. The van der Waals surface area contributed by atoms with E-state index in [0.29, 0.717) is 0 Å². The molecule has 2 aliphatic carbocycles. The van der Waals surface area contributed by atoms with Crippen LogP contribution in [0.4, 0.5) is 0 Å². The van der Waals surface area contributed by atoms with Gasteiger partial charge in [-0.25, -0.2) is 0 Å². The zero-order valence-corrected chi connectivity index (χ0v) is 28.5. The van der Waals surface area contributed by atoms with Gasteiger partial charge >= 0.3 is 0 Å². The van der Waals surface area contributed by atoms with E-state index in [1.54, 1.807) is 0 Å². The van der Waals surface area contributed by atoms with E-state index >= 15 is 0 Å². The van der Waals surface area contributed by atoms with Gasteiger partial charge in [0.25, 0.3) is 0 Å². The van der Waals surface area contributed by atoms with Crippen LogP contribution in [0.25, 0.3) is 60.3 Å². The summed E-state index contributed by atoms with van der Waals surface area (Å²) in [6, 6.07) is 35.3. The Morgan fingerprint density at radius 1 is 0.659 bits per heavy atom. The smallest absolute Gasteiger partial charge is 0.0527 e. The standard InChI is InChI=1S/C41H35N2.Ir/c1-39(2)23-40(3,4)37-28-19-18-26-27(38(28)42-22-33(37)39)14-11-17-35(26)43-34-16-10-8-13-25(34)30-20-29-24-12-7-9-15-31(24)41(5,6)32(29)21-36(30)43;/h7-13,15-22H,23H2,1-6H3;/q-1;. The number of nitrogens with zero attached hydrogens (tertiary/aromatic N) is 2. The van der Waals surface area contributed by atoms with Crippen molar-refractivity contribution in [3.05, 3.63) is 119 Å². The van der Waals surface area contributed by atoms with Crippen molar-refractivity contribution in [3.63, 3.8) is 0 Å². The van der Waals surface area contributed by atoms with E-state index in [4.69, 9.17) is 4.98 Å². The molecule has 0 atom stereocenters. The van der Waals surface area contributed by atoms with Gasteiger partial charge in [0.2, 0.25) is 0 Å². The fourth-order valence-corrected chi connectivity index (χ4v) is 9.07. The Kier molecular flexibility index (Phi) is 5.61. The van der Waals surface area contributed by atoms with Crippen molar-refractivity contribution in [1.82, 2.24) is 9.55 Å². The van der Waals surface area contributed by atoms with Gasteiger partial charge in [-0.2, -0.15) is 0 Å². The van der Waals surface area contributed by atoms with Crippen molar-refractivity contribution >= 4 is 43.5 Å². The van der Waals surface area contributed by atoms with Gasteiger partial charge in [-0.15, -0.1) is 23.6 Å². The molecule has 0 saturated heterocycles. The largest absolute Gasteiger partial charge is 0.326 e. The van der Waals surface area contributed by atoms with Crippen molar-refractivity contribution in [3.8, 4) is 16.8 Å². The maximum Gasteiger partial charge on any atom is 0.0527 e. The molecule has 0 saturated carbocycles. The van der Waals surface area contributed by atoms with Gasteiger partial charge in [0.1, 0.15) is 0 Å². The first kappa shape index (κ1) is 27.7. The van der Waals surface area contributed by atoms with Crippen LogP contribution in [0.1, 0.15) is 70.2 Å². The van der Waals surface area contributed by atoms with Crippen LogP contribution in [0, 0.1) is 6.07 Å². The molecule has 0 N–H and O–H groups in total. The van der Waals surface area contributed by atoms with E-state index in [1.165, 1.54) is 71.6 Å². The zero-order valence-electron chi connectivity index (χ0n) is 26.1. The van der Waals surface area contributed by atoms with Gasteiger partial charge in [0.05, 0.1) is 11.0 Å². The predicted molar refractivity (Wildman–Crippen MR) is 181 cm³/mol. The molecule has 2 nitrogen and oxygen atoms in total. The van der Waals surface area contributed by atoms with Gasteiger partial charge in [-0.3, -0.25) is 0 Å². The Bertz CT molecular complexity index is 2350. The third-order valence-corrected chi connectivity index (χ3v) is 10.7. The Balaban J connectivity index is 0.00000289. The maximum atomic E-state index is 5.14. The van der Waals surface area contributed by atoms with Crippen molar-refractivity contribution in [2.24, 2.45) is 0 Å². The SMILES string of the molecule is CC1(C)CC(C)(C)c2c1cnc1c2ccc2c(-n3c4ccccc4c4cc5c(cc43)C(C)(C)c3ccccc3-5)cc[c-]c21.[Ir]. The van der Waals surface area contributed by atoms with E-state index in [0.717, 1.165) is 17.3 Å². The Labute approximate surface area is 272 Å². The van der Waals surface area contributed by atoms with Gasteiger partial charge in [0.15, 0.2) is 0 Å². The summed E-state index contributed by atoms with van der Waals surface area (Å²) in [4.78, 5) is 5.14. The van der Waals surface area contributed by atoms with Crippen LogP contribution in [0.3, 0.4) is 0 Å². The molecule has 1 radical (unpaired) electrons. The predicted octanol–water partition coefficient (Wildman–Crippen LogP) is 10.5. The fraction of sp³-hybridized carbons (Fsp3) is 0.244. The average Bonchev–Trinajstić information content (AvgIpc) is 3.50. The van der Waals surface area contributed by atoms with Crippen LogP contribution < -0.4 is 0 Å². The van der Waals surface area contributed by atoms with Crippen LogP contribution in [0.2, 0.25) is 0 Å². The number of pyridine rings is 1. The molecule has 0 spiro atoms. The summed E-state index contributed by atoms with van der Waals surface area (Å²) in [5.74, 6) is 0. The first-order chi connectivity index (χ1) is 20.6. The molecule has 0 fully saturated rings. The van der Waals surface area contributed by atoms with Gasteiger partial charge in [-0.05, 0) is 85.4 Å². The normalized spacial score (nSPS) is 17.1. The Morgan fingerprint density at radius 2 is 1.41 bits per heavy atom. The average molecular weight is 748 g/mol. The van der Waals surface area contributed by atoms with Crippen molar-refractivity contribution in [2.75, 3.05) is 0 Å². The quantitative estimate of drug-likeness (QED) is 0.121. The second kappa shape index (κ2) is 8.90. The Hall–Kier alpha value is -3.78. The van der Waals surface area contributed by atoms with Crippen molar-refractivity contribution < 1.29 is 20.1 Å². The molecule has 2 aliphatic rings. The van der Waals surface area contributed by atoms with Crippen LogP contribution in [0.15, 0.2) is 91.1 Å². The van der Waals surface area contributed by atoms with Crippen LogP contribution >= 0.6 is 0 Å². The molecule has 2 heterocycles. The number of hydrogen-bond donors (Lipinski definition) is 0. The fourth-order valence-electron chi connectivity index (χ4n) is 9.07. The third-order valence-electron chi connectivity index (χ3n) is 10.7. The Morgan fingerprint density at radius 3 is 2.25 bits per heavy atom.